The zero-order valence-electron chi connectivity index (χ0n) is 17.3. The summed E-state index contributed by atoms with van der Waals surface area (Å²) in [5, 5.41) is 2.78. The average Bonchev–Trinajstić information content (AvgIpc) is 2.72. The lowest BCUT2D eigenvalue weighted by atomic mass is 10.1. The second-order valence-electron chi connectivity index (χ2n) is 7.65. The highest BCUT2D eigenvalue weighted by molar-refractivity contribution is 7.92. The molecule has 2 aromatic rings. The molecule has 1 heterocycles. The molecule has 1 amide bonds. The van der Waals surface area contributed by atoms with Crippen molar-refractivity contribution in [1.29, 1.82) is 0 Å². The fourth-order valence-corrected chi connectivity index (χ4v) is 4.90. The molecule has 1 aliphatic heterocycles. The monoisotopic (exact) mass is 433 g/mol. The Balaban J connectivity index is 1.65. The molecular formula is C22H28FN3O3S. The minimum Gasteiger partial charge on any atom is -0.372 e. The standard InChI is InChI=1S/C22H28FN3O3S/c1-17(26(30(2,28)29)21-8-6-7-19(23)15-21)22(27)24-16-18-9-11-20(12-10-18)25-13-4-3-5-14-25/h6-12,15,17H,3-5,13-14,16H2,1-2H3,(H,24,27)/t17-/m1/s1. The van der Waals surface area contributed by atoms with Crippen molar-refractivity contribution in [2.45, 2.75) is 38.8 Å². The Bertz CT molecular complexity index is 973. The lowest BCUT2D eigenvalue weighted by Crippen LogP contribution is -2.47. The van der Waals surface area contributed by atoms with Crippen LogP contribution < -0.4 is 14.5 Å². The first-order chi connectivity index (χ1) is 14.3. The van der Waals surface area contributed by atoms with Crippen molar-refractivity contribution in [3.8, 4) is 0 Å². The molecule has 6 nitrogen and oxygen atoms in total. The summed E-state index contributed by atoms with van der Waals surface area (Å²) >= 11 is 0. The van der Waals surface area contributed by atoms with Gasteiger partial charge < -0.3 is 10.2 Å². The maximum Gasteiger partial charge on any atom is 0.243 e. The Morgan fingerprint density at radius 1 is 1.13 bits per heavy atom. The number of anilines is 2. The summed E-state index contributed by atoms with van der Waals surface area (Å²) in [6, 6.07) is 12.2. The van der Waals surface area contributed by atoms with Gasteiger partial charge in [-0.05, 0) is 62.1 Å². The first-order valence-corrected chi connectivity index (χ1v) is 12.0. The SMILES string of the molecule is C[C@H](C(=O)NCc1ccc(N2CCCCC2)cc1)N(c1cccc(F)c1)S(C)(=O)=O. The van der Waals surface area contributed by atoms with Crippen molar-refractivity contribution in [2.75, 3.05) is 28.6 Å². The van der Waals surface area contributed by atoms with Crippen molar-refractivity contribution in [3.63, 3.8) is 0 Å². The number of hydrogen-bond acceptors (Lipinski definition) is 4. The number of halogens is 1. The highest BCUT2D eigenvalue weighted by Gasteiger charge is 2.29. The third-order valence-electron chi connectivity index (χ3n) is 5.28. The first kappa shape index (κ1) is 22.1. The molecule has 0 unspecified atom stereocenters. The summed E-state index contributed by atoms with van der Waals surface area (Å²) in [5.74, 6) is -1.02. The number of hydrogen-bond donors (Lipinski definition) is 1. The Kier molecular flexibility index (Phi) is 6.97. The number of amides is 1. The lowest BCUT2D eigenvalue weighted by molar-refractivity contribution is -0.122. The molecule has 3 rings (SSSR count). The minimum atomic E-state index is -3.78. The van der Waals surface area contributed by atoms with Gasteiger partial charge in [-0.2, -0.15) is 0 Å². The van der Waals surface area contributed by atoms with Crippen LogP contribution in [0.2, 0.25) is 0 Å². The van der Waals surface area contributed by atoms with Crippen molar-refractivity contribution in [2.24, 2.45) is 0 Å². The van der Waals surface area contributed by atoms with Crippen LogP contribution >= 0.6 is 0 Å². The summed E-state index contributed by atoms with van der Waals surface area (Å²) in [6.07, 6.45) is 4.69. The van der Waals surface area contributed by atoms with Gasteiger partial charge in [-0.25, -0.2) is 12.8 Å². The third-order valence-corrected chi connectivity index (χ3v) is 6.52. The summed E-state index contributed by atoms with van der Waals surface area (Å²) in [5.41, 5.74) is 2.21. The van der Waals surface area contributed by atoms with Gasteiger partial charge in [-0.1, -0.05) is 18.2 Å². The smallest absolute Gasteiger partial charge is 0.243 e. The van der Waals surface area contributed by atoms with Crippen molar-refractivity contribution in [1.82, 2.24) is 5.32 Å². The number of rotatable bonds is 7. The lowest BCUT2D eigenvalue weighted by Gasteiger charge is -2.29. The molecule has 30 heavy (non-hydrogen) atoms. The summed E-state index contributed by atoms with van der Waals surface area (Å²) < 4.78 is 39.1. The van der Waals surface area contributed by atoms with E-state index < -0.39 is 27.8 Å². The van der Waals surface area contributed by atoms with E-state index in [0.29, 0.717) is 0 Å². The molecule has 1 N–H and O–H groups in total. The average molecular weight is 434 g/mol. The topological polar surface area (TPSA) is 69.7 Å². The normalized spacial score (nSPS) is 15.5. The minimum absolute atomic E-state index is 0.117. The molecule has 0 aromatic heterocycles. The van der Waals surface area contributed by atoms with E-state index in [1.54, 1.807) is 0 Å². The van der Waals surface area contributed by atoms with Gasteiger partial charge >= 0.3 is 0 Å². The molecule has 1 aliphatic rings. The van der Waals surface area contributed by atoms with Crippen LogP contribution in [0.15, 0.2) is 48.5 Å². The van der Waals surface area contributed by atoms with Gasteiger partial charge in [0, 0.05) is 25.3 Å². The Labute approximate surface area is 177 Å². The number of sulfonamides is 1. The van der Waals surface area contributed by atoms with Gasteiger partial charge in [0.15, 0.2) is 0 Å². The zero-order valence-corrected chi connectivity index (χ0v) is 18.2. The highest BCUT2D eigenvalue weighted by Crippen LogP contribution is 2.22. The molecule has 0 bridgehead atoms. The largest absolute Gasteiger partial charge is 0.372 e. The summed E-state index contributed by atoms with van der Waals surface area (Å²) in [6.45, 7) is 3.90. The predicted octanol–water partition coefficient (Wildman–Crippen LogP) is 3.29. The van der Waals surface area contributed by atoms with Crippen LogP contribution in [0.4, 0.5) is 15.8 Å². The van der Waals surface area contributed by atoms with Crippen LogP contribution in [0.3, 0.4) is 0 Å². The molecule has 0 aliphatic carbocycles. The van der Waals surface area contributed by atoms with Gasteiger partial charge in [-0.3, -0.25) is 9.10 Å². The van der Waals surface area contributed by atoms with Gasteiger partial charge in [0.05, 0.1) is 11.9 Å². The number of piperidine rings is 1. The van der Waals surface area contributed by atoms with Crippen molar-refractivity contribution in [3.05, 3.63) is 59.9 Å². The fraction of sp³-hybridized carbons (Fsp3) is 0.409. The van der Waals surface area contributed by atoms with E-state index in [9.17, 15) is 17.6 Å². The summed E-state index contributed by atoms with van der Waals surface area (Å²) in [7, 11) is -3.78. The van der Waals surface area contributed by atoms with E-state index in [1.165, 1.54) is 50.1 Å². The molecule has 1 saturated heterocycles. The molecule has 1 fully saturated rings. The highest BCUT2D eigenvalue weighted by atomic mass is 32.2. The number of benzene rings is 2. The maximum absolute atomic E-state index is 13.6. The van der Waals surface area contributed by atoms with Crippen LogP contribution in [0.5, 0.6) is 0 Å². The second-order valence-corrected chi connectivity index (χ2v) is 9.51. The second kappa shape index (κ2) is 9.47. The van der Waals surface area contributed by atoms with E-state index >= 15 is 0 Å². The van der Waals surface area contributed by atoms with Crippen LogP contribution in [0, 0.1) is 5.82 Å². The van der Waals surface area contributed by atoms with E-state index in [0.717, 1.165) is 35.3 Å². The molecule has 0 radical (unpaired) electrons. The molecule has 2 aromatic carbocycles. The van der Waals surface area contributed by atoms with Crippen molar-refractivity contribution < 1.29 is 17.6 Å². The molecule has 0 spiro atoms. The maximum atomic E-state index is 13.6. The van der Waals surface area contributed by atoms with E-state index in [2.05, 4.69) is 10.2 Å². The van der Waals surface area contributed by atoms with Crippen LogP contribution in [0.25, 0.3) is 0 Å². The number of nitrogens with zero attached hydrogens (tertiary/aromatic N) is 2. The van der Waals surface area contributed by atoms with Gasteiger partial charge in [0.1, 0.15) is 11.9 Å². The number of nitrogens with one attached hydrogen (secondary N) is 1. The molecule has 1 atom stereocenters. The molecule has 8 heteroatoms. The predicted molar refractivity (Wildman–Crippen MR) is 118 cm³/mol. The van der Waals surface area contributed by atoms with E-state index in [4.69, 9.17) is 0 Å². The summed E-state index contributed by atoms with van der Waals surface area (Å²) in [4.78, 5) is 15.0. The zero-order chi connectivity index (χ0) is 21.7. The Morgan fingerprint density at radius 3 is 2.40 bits per heavy atom. The molecule has 162 valence electrons. The van der Waals surface area contributed by atoms with Crippen LogP contribution in [0.1, 0.15) is 31.7 Å². The third kappa shape index (κ3) is 5.50. The van der Waals surface area contributed by atoms with E-state index in [-0.39, 0.29) is 12.2 Å². The van der Waals surface area contributed by atoms with Gasteiger partial charge in [-0.15, -0.1) is 0 Å². The van der Waals surface area contributed by atoms with Crippen LogP contribution in [-0.4, -0.2) is 39.7 Å². The molecular weight excluding hydrogens is 405 g/mol. The first-order valence-electron chi connectivity index (χ1n) is 10.1. The van der Waals surface area contributed by atoms with E-state index in [1.807, 2.05) is 24.3 Å². The number of carbonyl (C=O) groups excluding carboxylic acids is 1. The Hall–Kier alpha value is -2.61. The van der Waals surface area contributed by atoms with Gasteiger partial charge in [0.2, 0.25) is 15.9 Å². The fourth-order valence-electron chi connectivity index (χ4n) is 3.74. The van der Waals surface area contributed by atoms with Gasteiger partial charge in [0.25, 0.3) is 0 Å². The Morgan fingerprint density at radius 2 is 1.80 bits per heavy atom. The van der Waals surface area contributed by atoms with Crippen LogP contribution in [-0.2, 0) is 21.4 Å². The van der Waals surface area contributed by atoms with Crippen molar-refractivity contribution >= 4 is 27.3 Å². The molecule has 0 saturated carbocycles. The quantitative estimate of drug-likeness (QED) is 0.728. The number of carbonyl (C=O) groups is 1.